The fourth-order valence-corrected chi connectivity index (χ4v) is 2.13. The van der Waals surface area contributed by atoms with E-state index in [2.05, 4.69) is 27.7 Å². The highest BCUT2D eigenvalue weighted by Gasteiger charge is 2.35. The van der Waals surface area contributed by atoms with Crippen LogP contribution in [0, 0.1) is 17.3 Å². The Kier molecular flexibility index (Phi) is 5.29. The van der Waals surface area contributed by atoms with Gasteiger partial charge >= 0.3 is 0 Å². The number of hydrogen-bond acceptors (Lipinski definition) is 0. The summed E-state index contributed by atoms with van der Waals surface area (Å²) >= 11 is 0. The zero-order valence-electron chi connectivity index (χ0n) is 11.7. The van der Waals surface area contributed by atoms with E-state index in [9.17, 15) is 4.39 Å². The maximum atomic E-state index is 13.8. The van der Waals surface area contributed by atoms with E-state index in [1.54, 1.807) is 13.8 Å². The van der Waals surface area contributed by atoms with Gasteiger partial charge in [0.1, 0.15) is 5.67 Å². The van der Waals surface area contributed by atoms with Gasteiger partial charge in [0, 0.05) is 0 Å². The maximum absolute atomic E-state index is 13.8. The van der Waals surface area contributed by atoms with Crippen LogP contribution < -0.4 is 0 Å². The third-order valence-corrected chi connectivity index (χ3v) is 4.55. The van der Waals surface area contributed by atoms with Crippen molar-refractivity contribution >= 4 is 0 Å². The van der Waals surface area contributed by atoms with Crippen molar-refractivity contribution in [3.05, 3.63) is 0 Å². The average molecular weight is 216 g/mol. The van der Waals surface area contributed by atoms with E-state index in [-0.39, 0.29) is 11.3 Å². The molecule has 0 aliphatic carbocycles. The molecule has 0 saturated heterocycles. The quantitative estimate of drug-likeness (QED) is 0.571. The number of rotatable bonds is 6. The summed E-state index contributed by atoms with van der Waals surface area (Å²) in [6.07, 6.45) is 3.31. The molecule has 0 saturated carbocycles. The van der Waals surface area contributed by atoms with Gasteiger partial charge in [-0.3, -0.25) is 0 Å². The summed E-state index contributed by atoms with van der Waals surface area (Å²) in [5.74, 6) is 0.809. The van der Waals surface area contributed by atoms with Gasteiger partial charge in [0.25, 0.3) is 0 Å². The van der Waals surface area contributed by atoms with Crippen molar-refractivity contribution in [2.75, 3.05) is 0 Å². The van der Waals surface area contributed by atoms with Crippen LogP contribution in [0.25, 0.3) is 0 Å². The van der Waals surface area contributed by atoms with Crippen molar-refractivity contribution in [3.8, 4) is 0 Å². The van der Waals surface area contributed by atoms with Gasteiger partial charge in [-0.25, -0.2) is 4.39 Å². The zero-order valence-corrected chi connectivity index (χ0v) is 11.7. The predicted octanol–water partition coefficient (Wildman–Crippen LogP) is 5.22. The van der Waals surface area contributed by atoms with E-state index in [0.29, 0.717) is 5.92 Å². The van der Waals surface area contributed by atoms with E-state index < -0.39 is 5.67 Å². The molecule has 0 fully saturated rings. The molecule has 3 unspecified atom stereocenters. The molecule has 15 heavy (non-hydrogen) atoms. The maximum Gasteiger partial charge on any atom is 0.108 e. The van der Waals surface area contributed by atoms with Crippen LogP contribution in [0.5, 0.6) is 0 Å². The highest BCUT2D eigenvalue weighted by atomic mass is 19.1. The minimum Gasteiger partial charge on any atom is -0.244 e. The highest BCUT2D eigenvalue weighted by Crippen LogP contribution is 2.42. The largest absolute Gasteiger partial charge is 0.244 e. The van der Waals surface area contributed by atoms with Crippen molar-refractivity contribution in [2.45, 2.75) is 73.4 Å². The summed E-state index contributed by atoms with van der Waals surface area (Å²) in [6, 6.07) is 0. The second-order valence-electron chi connectivity index (χ2n) is 5.99. The minimum atomic E-state index is -1.05. The van der Waals surface area contributed by atoms with Crippen molar-refractivity contribution < 1.29 is 4.39 Å². The Labute approximate surface area is 95.6 Å². The van der Waals surface area contributed by atoms with Crippen LogP contribution in [-0.4, -0.2) is 5.67 Å². The van der Waals surface area contributed by atoms with Gasteiger partial charge in [-0.15, -0.1) is 0 Å². The Balaban J connectivity index is 4.57. The van der Waals surface area contributed by atoms with Crippen LogP contribution in [0.4, 0.5) is 4.39 Å². The molecule has 3 atom stereocenters. The first-order valence-electron chi connectivity index (χ1n) is 6.36. The molecule has 0 rings (SSSR count). The van der Waals surface area contributed by atoms with Crippen LogP contribution in [0.3, 0.4) is 0 Å². The van der Waals surface area contributed by atoms with Crippen LogP contribution in [0.15, 0.2) is 0 Å². The van der Waals surface area contributed by atoms with E-state index in [1.807, 2.05) is 6.92 Å². The van der Waals surface area contributed by atoms with Crippen LogP contribution >= 0.6 is 0 Å². The first-order valence-corrected chi connectivity index (χ1v) is 6.36. The Morgan fingerprint density at radius 1 is 1.00 bits per heavy atom. The normalized spacial score (nSPS) is 20.8. The molecule has 0 aromatic heterocycles. The Bertz CT molecular complexity index is 180. The monoisotopic (exact) mass is 216 g/mol. The van der Waals surface area contributed by atoms with Gasteiger partial charge in [0.05, 0.1) is 0 Å². The molecule has 0 heterocycles. The second kappa shape index (κ2) is 5.32. The number of halogens is 1. The van der Waals surface area contributed by atoms with Crippen LogP contribution in [-0.2, 0) is 0 Å². The predicted molar refractivity (Wildman–Crippen MR) is 66.8 cm³/mol. The number of hydrogen-bond donors (Lipinski definition) is 0. The molecule has 0 spiro atoms. The zero-order chi connectivity index (χ0) is 12.3. The molecule has 0 amide bonds. The summed E-state index contributed by atoms with van der Waals surface area (Å²) in [4.78, 5) is 0. The molecule has 0 aromatic rings. The molecule has 92 valence electrons. The van der Waals surface area contributed by atoms with Gasteiger partial charge < -0.3 is 0 Å². The van der Waals surface area contributed by atoms with Gasteiger partial charge in [0.15, 0.2) is 0 Å². The Morgan fingerprint density at radius 2 is 1.47 bits per heavy atom. The van der Waals surface area contributed by atoms with Crippen molar-refractivity contribution in [2.24, 2.45) is 17.3 Å². The lowest BCUT2D eigenvalue weighted by Gasteiger charge is -2.39. The summed E-state index contributed by atoms with van der Waals surface area (Å²) in [5.41, 5.74) is -0.762. The van der Waals surface area contributed by atoms with E-state index >= 15 is 0 Å². The van der Waals surface area contributed by atoms with Gasteiger partial charge in [-0.05, 0) is 37.5 Å². The third-order valence-electron chi connectivity index (χ3n) is 4.55. The molecular formula is C14H29F. The Morgan fingerprint density at radius 3 is 1.73 bits per heavy atom. The summed E-state index contributed by atoms with van der Waals surface area (Å²) in [7, 11) is 0. The fraction of sp³-hybridized carbons (Fsp3) is 1.00. The lowest BCUT2D eigenvalue weighted by atomic mass is 9.67. The summed E-state index contributed by atoms with van der Waals surface area (Å²) in [6.45, 7) is 14.5. The molecule has 1 heteroatoms. The molecule has 0 radical (unpaired) electrons. The topological polar surface area (TPSA) is 0 Å². The van der Waals surface area contributed by atoms with Gasteiger partial charge in [-0.2, -0.15) is 0 Å². The lowest BCUT2D eigenvalue weighted by molar-refractivity contribution is 0.0618. The number of alkyl halides is 1. The van der Waals surface area contributed by atoms with E-state index in [0.717, 1.165) is 12.8 Å². The van der Waals surface area contributed by atoms with Crippen molar-refractivity contribution in [3.63, 3.8) is 0 Å². The van der Waals surface area contributed by atoms with Crippen LogP contribution in [0.2, 0.25) is 0 Å². The van der Waals surface area contributed by atoms with Crippen molar-refractivity contribution in [1.29, 1.82) is 0 Å². The van der Waals surface area contributed by atoms with Crippen LogP contribution in [0.1, 0.15) is 67.7 Å². The molecule has 0 N–H and O–H groups in total. The average Bonchev–Trinajstić information content (AvgIpc) is 2.14. The lowest BCUT2D eigenvalue weighted by Crippen LogP contribution is -2.33. The molecular weight excluding hydrogens is 187 g/mol. The first-order chi connectivity index (χ1) is 6.67. The third kappa shape index (κ3) is 4.12. The first kappa shape index (κ1) is 14.9. The SMILES string of the molecule is CCC(C)C(C)(CC)CC(C)C(C)(C)F. The van der Waals surface area contributed by atoms with Gasteiger partial charge in [-0.1, -0.05) is 47.5 Å². The second-order valence-corrected chi connectivity index (χ2v) is 5.99. The van der Waals surface area contributed by atoms with E-state index in [1.165, 1.54) is 6.42 Å². The smallest absolute Gasteiger partial charge is 0.108 e. The molecule has 0 bridgehead atoms. The molecule has 0 aliphatic rings. The Hall–Kier alpha value is -0.0700. The van der Waals surface area contributed by atoms with Gasteiger partial charge in [0.2, 0.25) is 0 Å². The summed E-state index contributed by atoms with van der Waals surface area (Å²) in [5, 5.41) is 0. The van der Waals surface area contributed by atoms with E-state index in [4.69, 9.17) is 0 Å². The minimum absolute atomic E-state index is 0.136. The highest BCUT2D eigenvalue weighted by molar-refractivity contribution is 4.85. The fourth-order valence-electron chi connectivity index (χ4n) is 2.13. The summed E-state index contributed by atoms with van der Waals surface area (Å²) < 4.78 is 13.8. The molecule has 0 aliphatic heterocycles. The van der Waals surface area contributed by atoms with Crippen molar-refractivity contribution in [1.82, 2.24) is 0 Å². The molecule has 0 aromatic carbocycles. The molecule has 0 nitrogen and oxygen atoms in total. The standard InChI is InChI=1S/C14H29F/c1-8-11(3)14(7,9-2)10-12(4)13(5,6)15/h11-12H,8-10H2,1-7H3.